The molecule has 8 atom stereocenters. The largest absolute Gasteiger partial charge is 0.393 e. The molecule has 0 bridgehead atoms. The number of fused-ring (bicyclic) bond motifs is 4. The summed E-state index contributed by atoms with van der Waals surface area (Å²) in [6.07, 6.45) is 10.9. The molecule has 0 amide bonds. The van der Waals surface area contributed by atoms with Crippen LogP contribution in [0, 0.1) is 40.4 Å². The fraction of sp³-hybridized carbons (Fsp3) is 0.897. The Morgan fingerprint density at radius 1 is 1.06 bits per heavy atom. The standard InChI is InChI=1S/C29H49NO2/c1-18(2)25(30(6)7)11-8-19(3)24-17-26(32)27-22-10-9-20-16-21(31)12-14-28(20,4)23(22)13-15-29(24,27)5/h18-21,23-25,31H,8-17H2,1-7H3/t19-,20+,21+,23+,24-,25?,28+,29-/m1/s1. The molecule has 3 fully saturated rings. The van der Waals surface area contributed by atoms with Crippen molar-refractivity contribution in [2.45, 2.75) is 111 Å². The predicted octanol–water partition coefficient (Wildman–Crippen LogP) is 6.25. The molecule has 0 aromatic rings. The topological polar surface area (TPSA) is 40.5 Å². The second-order valence-electron chi connectivity index (χ2n) is 13.1. The van der Waals surface area contributed by atoms with E-state index >= 15 is 0 Å². The Balaban J connectivity index is 1.56. The normalized spacial score (nSPS) is 41.5. The first-order valence-electron chi connectivity index (χ1n) is 13.6. The smallest absolute Gasteiger partial charge is 0.159 e. The molecular formula is C29H49NO2. The van der Waals surface area contributed by atoms with E-state index in [1.54, 1.807) is 5.57 Å². The summed E-state index contributed by atoms with van der Waals surface area (Å²) < 4.78 is 0. The Morgan fingerprint density at radius 3 is 2.44 bits per heavy atom. The number of carbonyl (C=O) groups excluding carboxylic acids is 1. The summed E-state index contributed by atoms with van der Waals surface area (Å²) >= 11 is 0. The van der Waals surface area contributed by atoms with Gasteiger partial charge < -0.3 is 10.0 Å². The molecular weight excluding hydrogens is 394 g/mol. The van der Waals surface area contributed by atoms with E-state index in [2.05, 4.69) is 53.6 Å². The van der Waals surface area contributed by atoms with Gasteiger partial charge in [-0.25, -0.2) is 0 Å². The molecule has 3 heteroatoms. The zero-order chi connectivity index (χ0) is 23.4. The third kappa shape index (κ3) is 3.94. The molecule has 0 spiro atoms. The predicted molar refractivity (Wildman–Crippen MR) is 132 cm³/mol. The van der Waals surface area contributed by atoms with E-state index in [1.165, 1.54) is 37.7 Å². The highest BCUT2D eigenvalue weighted by molar-refractivity contribution is 6.00. The van der Waals surface area contributed by atoms with Gasteiger partial charge >= 0.3 is 0 Å². The fourth-order valence-electron chi connectivity index (χ4n) is 8.99. The number of Topliss-reactive ketones (excluding diaryl/α,β-unsaturated/α-hetero) is 1. The molecule has 4 aliphatic carbocycles. The fourth-order valence-corrected chi connectivity index (χ4v) is 8.99. The summed E-state index contributed by atoms with van der Waals surface area (Å²) in [5, 5.41) is 10.3. The molecule has 4 rings (SSSR count). The molecule has 0 aliphatic heterocycles. The Morgan fingerprint density at radius 2 is 1.78 bits per heavy atom. The number of carbonyl (C=O) groups is 1. The van der Waals surface area contributed by atoms with Crippen molar-refractivity contribution in [1.82, 2.24) is 4.90 Å². The van der Waals surface area contributed by atoms with Crippen LogP contribution in [0.4, 0.5) is 0 Å². The zero-order valence-electron chi connectivity index (χ0n) is 21.9. The highest BCUT2D eigenvalue weighted by Crippen LogP contribution is 2.65. The summed E-state index contributed by atoms with van der Waals surface area (Å²) in [6.45, 7) is 12.0. The lowest BCUT2D eigenvalue weighted by atomic mass is 9.48. The summed E-state index contributed by atoms with van der Waals surface area (Å²) in [5.74, 6) is 3.46. The van der Waals surface area contributed by atoms with Crippen LogP contribution in [-0.2, 0) is 4.79 Å². The van der Waals surface area contributed by atoms with Crippen LogP contribution in [0.2, 0.25) is 0 Å². The van der Waals surface area contributed by atoms with Gasteiger partial charge in [0.1, 0.15) is 0 Å². The Hall–Kier alpha value is -0.670. The van der Waals surface area contributed by atoms with E-state index in [0.717, 1.165) is 32.1 Å². The van der Waals surface area contributed by atoms with Crippen LogP contribution in [0.1, 0.15) is 98.8 Å². The molecule has 182 valence electrons. The van der Waals surface area contributed by atoms with Gasteiger partial charge in [0.15, 0.2) is 5.78 Å². The van der Waals surface area contributed by atoms with Gasteiger partial charge in [0.25, 0.3) is 0 Å². The third-order valence-corrected chi connectivity index (χ3v) is 10.9. The minimum absolute atomic E-state index is 0.0884. The Kier molecular flexibility index (Phi) is 6.75. The summed E-state index contributed by atoms with van der Waals surface area (Å²) in [4.78, 5) is 15.9. The maximum Gasteiger partial charge on any atom is 0.159 e. The highest BCUT2D eigenvalue weighted by Gasteiger charge is 2.58. The first-order chi connectivity index (χ1) is 15.0. The van der Waals surface area contributed by atoms with E-state index in [9.17, 15) is 9.90 Å². The molecule has 3 saturated carbocycles. The van der Waals surface area contributed by atoms with Crippen LogP contribution < -0.4 is 0 Å². The van der Waals surface area contributed by atoms with Gasteiger partial charge in [-0.2, -0.15) is 0 Å². The van der Waals surface area contributed by atoms with Crippen molar-refractivity contribution in [3.63, 3.8) is 0 Å². The first-order valence-corrected chi connectivity index (χ1v) is 13.6. The first kappa shape index (κ1) is 24.5. The maximum atomic E-state index is 13.5. The Bertz CT molecular complexity index is 746. The van der Waals surface area contributed by atoms with E-state index in [-0.39, 0.29) is 11.5 Å². The van der Waals surface area contributed by atoms with Gasteiger partial charge in [-0.05, 0) is 112 Å². The number of ketones is 1. The maximum absolute atomic E-state index is 13.5. The molecule has 0 radical (unpaired) electrons. The molecule has 32 heavy (non-hydrogen) atoms. The van der Waals surface area contributed by atoms with E-state index < -0.39 is 0 Å². The molecule has 1 N–H and O–H groups in total. The van der Waals surface area contributed by atoms with Crippen molar-refractivity contribution in [2.24, 2.45) is 40.4 Å². The molecule has 4 aliphatic rings. The van der Waals surface area contributed by atoms with Crippen LogP contribution in [0.5, 0.6) is 0 Å². The molecule has 0 aromatic heterocycles. The van der Waals surface area contributed by atoms with Crippen LogP contribution in [0.3, 0.4) is 0 Å². The number of aliphatic hydroxyl groups excluding tert-OH is 1. The van der Waals surface area contributed by atoms with Gasteiger partial charge in [-0.1, -0.05) is 40.2 Å². The second-order valence-corrected chi connectivity index (χ2v) is 13.1. The molecule has 1 unspecified atom stereocenters. The lowest BCUT2D eigenvalue weighted by Gasteiger charge is -2.56. The number of aliphatic hydroxyl groups is 1. The van der Waals surface area contributed by atoms with Crippen molar-refractivity contribution in [2.75, 3.05) is 14.1 Å². The van der Waals surface area contributed by atoms with Crippen LogP contribution >= 0.6 is 0 Å². The van der Waals surface area contributed by atoms with Crippen molar-refractivity contribution in [3.8, 4) is 0 Å². The Labute approximate surface area is 197 Å². The number of nitrogens with zero attached hydrogens (tertiary/aromatic N) is 1. The van der Waals surface area contributed by atoms with Crippen molar-refractivity contribution in [1.29, 1.82) is 0 Å². The molecule has 3 nitrogen and oxygen atoms in total. The minimum atomic E-state index is -0.105. The second kappa shape index (κ2) is 8.84. The van der Waals surface area contributed by atoms with Gasteiger partial charge in [-0.15, -0.1) is 0 Å². The van der Waals surface area contributed by atoms with Gasteiger partial charge in [0.2, 0.25) is 0 Å². The molecule has 0 heterocycles. The van der Waals surface area contributed by atoms with Crippen molar-refractivity contribution >= 4 is 5.78 Å². The average Bonchev–Trinajstić information content (AvgIpc) is 2.99. The summed E-state index contributed by atoms with van der Waals surface area (Å²) in [5.41, 5.74) is 3.22. The quantitative estimate of drug-likeness (QED) is 0.527. The lowest BCUT2D eigenvalue weighted by molar-refractivity contribution is -0.115. The third-order valence-electron chi connectivity index (χ3n) is 10.9. The van der Waals surface area contributed by atoms with Crippen LogP contribution in [0.15, 0.2) is 11.1 Å². The van der Waals surface area contributed by atoms with Crippen LogP contribution in [-0.4, -0.2) is 42.0 Å². The van der Waals surface area contributed by atoms with Crippen molar-refractivity contribution in [3.05, 3.63) is 11.1 Å². The van der Waals surface area contributed by atoms with Gasteiger partial charge in [0, 0.05) is 18.0 Å². The summed E-state index contributed by atoms with van der Waals surface area (Å²) in [6, 6.07) is 0.618. The number of hydrogen-bond donors (Lipinski definition) is 1. The van der Waals surface area contributed by atoms with Gasteiger partial charge in [-0.3, -0.25) is 4.79 Å². The van der Waals surface area contributed by atoms with E-state index in [1.807, 2.05) is 0 Å². The van der Waals surface area contributed by atoms with Crippen molar-refractivity contribution < 1.29 is 9.90 Å². The highest BCUT2D eigenvalue weighted by atomic mass is 16.3. The number of hydrogen-bond acceptors (Lipinski definition) is 3. The zero-order valence-corrected chi connectivity index (χ0v) is 21.9. The summed E-state index contributed by atoms with van der Waals surface area (Å²) in [7, 11) is 4.42. The lowest BCUT2D eigenvalue weighted by Crippen LogP contribution is -2.48. The number of rotatable bonds is 6. The van der Waals surface area contributed by atoms with Gasteiger partial charge in [0.05, 0.1) is 6.10 Å². The molecule has 0 saturated heterocycles. The van der Waals surface area contributed by atoms with E-state index in [0.29, 0.717) is 46.8 Å². The monoisotopic (exact) mass is 443 g/mol. The SMILES string of the molecule is CC(C)C(CC[C@@H](C)[C@H]1CC(=O)C2=C3CC[C@H]4C[C@@H](O)CC[C@]4(C)[C@H]3CC[C@@]21C)N(C)C. The number of allylic oxidation sites excluding steroid dienone is 2. The minimum Gasteiger partial charge on any atom is -0.393 e. The average molecular weight is 444 g/mol. The molecule has 0 aromatic carbocycles. The van der Waals surface area contributed by atoms with Crippen LogP contribution in [0.25, 0.3) is 0 Å². The van der Waals surface area contributed by atoms with E-state index in [4.69, 9.17) is 0 Å².